The highest BCUT2D eigenvalue weighted by Crippen LogP contribution is 2.45. The van der Waals surface area contributed by atoms with Gasteiger partial charge in [0.1, 0.15) is 81.7 Å². The van der Waals surface area contributed by atoms with Crippen molar-refractivity contribution >= 4 is 156 Å². The Morgan fingerprint density at radius 2 is 0.575 bits per heavy atom. The molecule has 0 radical (unpaired) electrons. The zero-order valence-corrected chi connectivity index (χ0v) is 77.6. The summed E-state index contributed by atoms with van der Waals surface area (Å²) in [6.45, 7) is 5.82. The van der Waals surface area contributed by atoms with E-state index < -0.39 is 0 Å². The molecule has 0 N–H and O–H groups in total. The number of amides is 4. The van der Waals surface area contributed by atoms with Crippen molar-refractivity contribution in [3.8, 4) is 63.2 Å². The van der Waals surface area contributed by atoms with E-state index in [1.54, 1.807) is 97.9 Å². The van der Waals surface area contributed by atoms with Gasteiger partial charge >= 0.3 is 0 Å². The molecule has 23 nitrogen and oxygen atoms in total. The molecule has 0 spiro atoms. The van der Waals surface area contributed by atoms with E-state index in [0.29, 0.717) is 176 Å². The minimum absolute atomic E-state index is 0.0512. The number of nitrogens with zero attached hydrogens (tertiary/aromatic N) is 8. The van der Waals surface area contributed by atoms with Gasteiger partial charge in [-0.1, -0.05) is 115 Å². The number of anilines is 3. The highest BCUT2D eigenvalue weighted by Gasteiger charge is 2.41. The Bertz CT molecular complexity index is 6230. The van der Waals surface area contributed by atoms with Crippen LogP contribution in [-0.4, -0.2) is 129 Å². The first-order valence-electron chi connectivity index (χ1n) is 43.1. The predicted molar refractivity (Wildman–Crippen MR) is 527 cm³/mol. The van der Waals surface area contributed by atoms with E-state index in [0.717, 1.165) is 104 Å². The Balaban J connectivity index is 0.000000124. The molecule has 1 aliphatic carbocycles. The molecule has 9 aliphatic rings. The van der Waals surface area contributed by atoms with Crippen LogP contribution in [0.4, 0.5) is 25.8 Å². The van der Waals surface area contributed by atoms with Crippen molar-refractivity contribution in [2.45, 2.75) is 64.3 Å². The van der Waals surface area contributed by atoms with Crippen molar-refractivity contribution < 1.29 is 80.1 Å². The predicted octanol–water partition coefficient (Wildman–Crippen LogP) is 22.3. The van der Waals surface area contributed by atoms with Gasteiger partial charge in [-0.05, 0) is 299 Å². The summed E-state index contributed by atoms with van der Waals surface area (Å²) in [7, 11) is 4.91. The first-order valence-corrected chi connectivity index (χ1v) is 47.1. The fourth-order valence-corrected chi connectivity index (χ4v) is 19.3. The SMILES string of the molecule is COc1ccc(CN=C2S/C(=C\c3ccc4c(c3)OCCO4)C(=O)N2C2CCCCC2)cc1.COc1ccc(CN=C2S/C(=C\c3ccc4c(c3)OCCO4)C(=O)N2c2ccc(Cl)cc2)cc1.COc1ccc(CN=C2S/C(=C\c3ccc4c(c3)OCCO4)C(=O)N2c2ccc(F)cc2)cc1.O=C1/C(=C/c2ccc3c(c2)OCCO3)SC(=NCc2ccc(F)cc2)N1c1ccc(Cl)cc1. The number of aliphatic imine (C=N–C) groups is 4. The van der Waals surface area contributed by atoms with E-state index in [1.807, 2.05) is 181 Å². The molecule has 31 heteroatoms. The van der Waals surface area contributed by atoms with Gasteiger partial charge in [0.15, 0.2) is 66.7 Å². The van der Waals surface area contributed by atoms with Crippen LogP contribution in [0.15, 0.2) is 282 Å². The van der Waals surface area contributed by atoms with Crippen molar-refractivity contribution in [2.24, 2.45) is 20.0 Å². The number of carbonyl (C=O) groups excluding carboxylic acids is 4. The van der Waals surface area contributed by atoms with Gasteiger partial charge in [0, 0.05) is 16.1 Å². The zero-order chi connectivity index (χ0) is 92.4. The zero-order valence-electron chi connectivity index (χ0n) is 72.8. The number of amidine groups is 4. The van der Waals surface area contributed by atoms with Crippen LogP contribution in [0.2, 0.25) is 10.0 Å². The molecule has 11 aromatic rings. The molecule has 8 aliphatic heterocycles. The van der Waals surface area contributed by atoms with E-state index in [4.69, 9.17) is 90.3 Å². The second kappa shape index (κ2) is 44.0. The summed E-state index contributed by atoms with van der Waals surface area (Å²) < 4.78 is 87.5. The number of fused-ring (bicyclic) bond motifs is 4. The number of methoxy groups -OCH3 is 3. The lowest BCUT2D eigenvalue weighted by molar-refractivity contribution is -0.124. The number of carbonyl (C=O) groups is 4. The molecular formula is C103H88Cl2F2N8O15S4. The van der Waals surface area contributed by atoms with Gasteiger partial charge in [0.25, 0.3) is 23.6 Å². The first-order chi connectivity index (χ1) is 65.5. The summed E-state index contributed by atoms with van der Waals surface area (Å²) in [5.41, 5.74) is 9.27. The molecule has 0 bridgehead atoms. The summed E-state index contributed by atoms with van der Waals surface area (Å²) in [5.74, 6) is 6.76. The lowest BCUT2D eigenvalue weighted by Gasteiger charge is -2.30. The fraction of sp³-hybridized carbons (Fsp3) is 0.204. The maximum absolute atomic E-state index is 13.5. The summed E-state index contributed by atoms with van der Waals surface area (Å²) in [6, 6.07) is 72.2. The summed E-state index contributed by atoms with van der Waals surface area (Å²) in [5, 5.41) is 3.65. The van der Waals surface area contributed by atoms with Crippen LogP contribution >= 0.6 is 70.2 Å². The molecule has 682 valence electrons. The lowest BCUT2D eigenvalue weighted by Crippen LogP contribution is -2.40. The van der Waals surface area contributed by atoms with Crippen LogP contribution in [0.25, 0.3) is 24.3 Å². The molecule has 20 rings (SSSR count). The topological polar surface area (TPSA) is 232 Å². The number of halogens is 4. The lowest BCUT2D eigenvalue weighted by atomic mass is 9.94. The highest BCUT2D eigenvalue weighted by atomic mass is 35.5. The number of ether oxygens (including phenoxy) is 11. The highest BCUT2D eigenvalue weighted by molar-refractivity contribution is 8.20. The van der Waals surface area contributed by atoms with Crippen LogP contribution < -0.4 is 66.8 Å². The number of rotatable bonds is 19. The van der Waals surface area contributed by atoms with Crippen LogP contribution in [0.5, 0.6) is 63.2 Å². The van der Waals surface area contributed by atoms with Gasteiger partial charge < -0.3 is 52.1 Å². The van der Waals surface area contributed by atoms with Crippen molar-refractivity contribution in [1.82, 2.24) is 4.90 Å². The summed E-state index contributed by atoms with van der Waals surface area (Å²) in [6.07, 6.45) is 13.0. The molecule has 1 saturated carbocycles. The van der Waals surface area contributed by atoms with E-state index in [1.165, 1.54) is 82.6 Å². The third-order valence-corrected chi connectivity index (χ3v) is 26.4. The second-order valence-corrected chi connectivity index (χ2v) is 35.8. The quantitative estimate of drug-likeness (QED) is 0.0685. The van der Waals surface area contributed by atoms with E-state index in [-0.39, 0.29) is 41.3 Å². The Hall–Kier alpha value is -13.4. The normalized spacial score (nSPS) is 18.4. The molecule has 11 aromatic carbocycles. The molecule has 0 unspecified atom stereocenters. The van der Waals surface area contributed by atoms with E-state index in [2.05, 4.69) is 4.99 Å². The van der Waals surface area contributed by atoms with E-state index in [9.17, 15) is 28.0 Å². The van der Waals surface area contributed by atoms with Crippen molar-refractivity contribution in [2.75, 3.05) is 88.9 Å². The number of thioether (sulfide) groups is 4. The van der Waals surface area contributed by atoms with E-state index >= 15 is 0 Å². The Kier molecular flexibility index (Phi) is 30.3. The molecule has 4 amide bonds. The average Bonchev–Trinajstić information content (AvgIpc) is 1.65. The minimum Gasteiger partial charge on any atom is -0.497 e. The molecule has 5 fully saturated rings. The fourth-order valence-electron chi connectivity index (χ4n) is 15.1. The molecule has 0 aromatic heterocycles. The minimum atomic E-state index is -0.369. The smallest absolute Gasteiger partial charge is 0.271 e. The molecule has 0 atom stereocenters. The maximum Gasteiger partial charge on any atom is 0.271 e. The first kappa shape index (κ1) is 92.4. The second-order valence-electron chi connectivity index (χ2n) is 30.9. The van der Waals surface area contributed by atoms with Gasteiger partial charge in [-0.3, -0.25) is 58.7 Å². The largest absolute Gasteiger partial charge is 0.497 e. The van der Waals surface area contributed by atoms with Crippen LogP contribution in [0, 0.1) is 11.6 Å². The number of benzene rings is 11. The number of hydrogen-bond donors (Lipinski definition) is 0. The van der Waals surface area contributed by atoms with Crippen molar-refractivity contribution in [3.05, 3.63) is 328 Å². The monoisotopic (exact) mass is 1910 g/mol. The maximum atomic E-state index is 13.5. The Labute approximate surface area is 800 Å². The average molecular weight is 1920 g/mol. The Morgan fingerprint density at radius 1 is 0.321 bits per heavy atom. The van der Waals surface area contributed by atoms with Gasteiger partial charge in [-0.2, -0.15) is 0 Å². The molecular weight excluding hydrogens is 1830 g/mol. The third-order valence-electron chi connectivity index (χ3n) is 21.9. The van der Waals surface area contributed by atoms with Crippen LogP contribution in [-0.2, 0) is 45.4 Å². The molecule has 134 heavy (non-hydrogen) atoms. The molecule has 4 saturated heterocycles. The van der Waals surface area contributed by atoms with Gasteiger partial charge in [-0.15, -0.1) is 0 Å². The standard InChI is InChI=1S/C26H21ClN2O4S.C26H21FN2O4S.C26H28N2O4S.C25H18ClFN2O3S/c2*1-31-21-9-2-17(3-10-21)16-28-26-29(20-7-5-19(27)6-8-20)25(30)24(34-26)15-18-4-11-22-23(14-18)33-13-12-32-22;1-30-21-10-7-18(8-11-21)17-27-26-28(20-5-3-2-4-6-20)25(29)24(33-26)16-19-9-12-22-23(15-19)32-14-13-31-22;26-18-4-8-20(9-5-18)29-24(30)23(14-17-3-10-21-22(13-17)32-12-11-31-21)33-25(29)28-15-16-1-6-19(27)7-2-16/h2*2-11,14-15H,12-13,16H2,1H3;7-12,15-16,20H,2-6,13-14,17H2,1H3;1-10,13-14H,11-12,15H2/b2*24-15-,28-26?;24-16-,27-26?;23-14-,28-25?. The van der Waals surface area contributed by atoms with Gasteiger partial charge in [0.05, 0.1) is 84.2 Å². The molecule has 8 heterocycles. The van der Waals surface area contributed by atoms with Crippen LogP contribution in [0.1, 0.15) is 76.6 Å². The van der Waals surface area contributed by atoms with Crippen molar-refractivity contribution in [3.63, 3.8) is 0 Å². The summed E-state index contributed by atoms with van der Waals surface area (Å²) in [4.78, 5) is 81.6. The Morgan fingerprint density at radius 3 is 0.873 bits per heavy atom. The number of hydrogen-bond acceptors (Lipinski definition) is 23. The van der Waals surface area contributed by atoms with Crippen molar-refractivity contribution in [1.29, 1.82) is 0 Å². The van der Waals surface area contributed by atoms with Crippen LogP contribution in [0.3, 0.4) is 0 Å². The third kappa shape index (κ3) is 23.1. The van der Waals surface area contributed by atoms with Gasteiger partial charge in [0.2, 0.25) is 0 Å². The summed E-state index contributed by atoms with van der Waals surface area (Å²) >= 11 is 17.5. The van der Waals surface area contributed by atoms with Gasteiger partial charge in [-0.25, -0.2) is 8.78 Å².